The first-order valence-electron chi connectivity index (χ1n) is 6.40. The number of pyridine rings is 1. The lowest BCUT2D eigenvalue weighted by atomic mass is 10.1. The molecule has 3 rings (SSSR count). The molecule has 4 heteroatoms. The standard InChI is InChI=1S/C17H11N3O/c18-11-17(20-12-5-7-13(21)8-6-12)15-9-10-19-16-4-2-1-3-14(15)16/h1-10,21H. The van der Waals surface area contributed by atoms with E-state index >= 15 is 0 Å². The Morgan fingerprint density at radius 1 is 1.05 bits per heavy atom. The zero-order chi connectivity index (χ0) is 14.7. The van der Waals surface area contributed by atoms with Crippen molar-refractivity contribution in [1.82, 2.24) is 4.98 Å². The number of aromatic hydroxyl groups is 1. The Morgan fingerprint density at radius 2 is 1.81 bits per heavy atom. The molecule has 0 bridgehead atoms. The van der Waals surface area contributed by atoms with Crippen LogP contribution in [0, 0.1) is 11.3 Å². The molecule has 3 aromatic rings. The van der Waals surface area contributed by atoms with Gasteiger partial charge in [-0.1, -0.05) is 18.2 Å². The van der Waals surface area contributed by atoms with Gasteiger partial charge >= 0.3 is 0 Å². The minimum atomic E-state index is 0.168. The Hall–Kier alpha value is -3.19. The summed E-state index contributed by atoms with van der Waals surface area (Å²) >= 11 is 0. The number of hydrogen-bond acceptors (Lipinski definition) is 4. The summed E-state index contributed by atoms with van der Waals surface area (Å²) in [6, 6.07) is 17.9. The third kappa shape index (κ3) is 2.58. The van der Waals surface area contributed by atoms with Crippen molar-refractivity contribution in [2.45, 2.75) is 0 Å². The van der Waals surface area contributed by atoms with Crippen LogP contribution >= 0.6 is 0 Å². The molecule has 1 aromatic heterocycles. The summed E-state index contributed by atoms with van der Waals surface area (Å²) in [7, 11) is 0. The lowest BCUT2D eigenvalue weighted by molar-refractivity contribution is 0.475. The van der Waals surface area contributed by atoms with E-state index in [-0.39, 0.29) is 5.75 Å². The highest BCUT2D eigenvalue weighted by Gasteiger charge is 2.08. The van der Waals surface area contributed by atoms with Gasteiger partial charge in [-0.3, -0.25) is 4.98 Å². The Bertz CT molecular complexity index is 856. The quantitative estimate of drug-likeness (QED) is 0.725. The molecule has 0 amide bonds. The van der Waals surface area contributed by atoms with E-state index in [1.54, 1.807) is 36.5 Å². The van der Waals surface area contributed by atoms with Gasteiger partial charge in [0.05, 0.1) is 11.2 Å². The van der Waals surface area contributed by atoms with Gasteiger partial charge < -0.3 is 5.11 Å². The number of phenolic OH excluding ortho intramolecular Hbond substituents is 1. The van der Waals surface area contributed by atoms with Crippen molar-refractivity contribution in [2.75, 3.05) is 0 Å². The van der Waals surface area contributed by atoms with Crippen LogP contribution in [-0.2, 0) is 0 Å². The SMILES string of the molecule is N#CC(=Nc1ccc(O)cc1)c1ccnc2ccccc12. The molecular formula is C17H11N3O. The van der Waals surface area contributed by atoms with Crippen LogP contribution in [0.2, 0.25) is 0 Å². The van der Waals surface area contributed by atoms with Crippen LogP contribution in [0.4, 0.5) is 5.69 Å². The molecular weight excluding hydrogens is 262 g/mol. The van der Waals surface area contributed by atoms with E-state index in [0.29, 0.717) is 11.4 Å². The van der Waals surface area contributed by atoms with E-state index < -0.39 is 0 Å². The van der Waals surface area contributed by atoms with Crippen molar-refractivity contribution in [2.24, 2.45) is 4.99 Å². The molecule has 0 unspecified atom stereocenters. The molecule has 0 saturated heterocycles. The molecule has 0 spiro atoms. The van der Waals surface area contributed by atoms with Gasteiger partial charge in [0.1, 0.15) is 17.5 Å². The number of nitriles is 1. The number of rotatable bonds is 2. The van der Waals surface area contributed by atoms with Crippen molar-refractivity contribution in [3.63, 3.8) is 0 Å². The number of fused-ring (bicyclic) bond motifs is 1. The van der Waals surface area contributed by atoms with E-state index in [1.165, 1.54) is 0 Å². The van der Waals surface area contributed by atoms with Gasteiger partial charge in [0.15, 0.2) is 0 Å². The fraction of sp³-hybridized carbons (Fsp3) is 0. The summed E-state index contributed by atoms with van der Waals surface area (Å²) in [4.78, 5) is 8.63. The molecule has 21 heavy (non-hydrogen) atoms. The van der Waals surface area contributed by atoms with Gasteiger partial charge in [0.2, 0.25) is 0 Å². The van der Waals surface area contributed by atoms with Crippen LogP contribution in [0.25, 0.3) is 10.9 Å². The zero-order valence-corrected chi connectivity index (χ0v) is 11.1. The van der Waals surface area contributed by atoms with Crippen LogP contribution < -0.4 is 0 Å². The van der Waals surface area contributed by atoms with Gasteiger partial charge in [0, 0.05) is 17.1 Å². The molecule has 1 heterocycles. The number of nitrogens with zero attached hydrogens (tertiary/aromatic N) is 3. The Labute approximate surface area is 121 Å². The number of aliphatic imine (C=N–C) groups is 1. The fourth-order valence-electron chi connectivity index (χ4n) is 2.10. The number of aromatic nitrogens is 1. The first-order chi connectivity index (χ1) is 10.3. The van der Waals surface area contributed by atoms with Crippen LogP contribution in [-0.4, -0.2) is 15.8 Å². The second-order valence-electron chi connectivity index (χ2n) is 4.46. The Morgan fingerprint density at radius 3 is 2.57 bits per heavy atom. The van der Waals surface area contributed by atoms with Crippen molar-refractivity contribution < 1.29 is 5.11 Å². The van der Waals surface area contributed by atoms with Crippen molar-refractivity contribution in [3.8, 4) is 11.8 Å². The monoisotopic (exact) mass is 273 g/mol. The second kappa shape index (κ2) is 5.43. The molecule has 100 valence electrons. The van der Waals surface area contributed by atoms with Crippen molar-refractivity contribution in [1.29, 1.82) is 5.26 Å². The van der Waals surface area contributed by atoms with Gasteiger partial charge in [0.25, 0.3) is 0 Å². The van der Waals surface area contributed by atoms with E-state index in [1.807, 2.05) is 24.3 Å². The predicted molar refractivity (Wildman–Crippen MR) is 81.7 cm³/mol. The normalized spacial score (nSPS) is 11.3. The van der Waals surface area contributed by atoms with Gasteiger partial charge in [-0.2, -0.15) is 5.26 Å². The molecule has 0 aliphatic heterocycles. The summed E-state index contributed by atoms with van der Waals surface area (Å²) in [6.07, 6.45) is 1.67. The summed E-state index contributed by atoms with van der Waals surface area (Å²) < 4.78 is 0. The van der Waals surface area contributed by atoms with Crippen LogP contribution in [0.3, 0.4) is 0 Å². The molecule has 0 saturated carbocycles. The maximum Gasteiger partial charge on any atom is 0.149 e. The highest BCUT2D eigenvalue weighted by Crippen LogP contribution is 2.21. The second-order valence-corrected chi connectivity index (χ2v) is 4.46. The zero-order valence-electron chi connectivity index (χ0n) is 11.1. The third-order valence-electron chi connectivity index (χ3n) is 3.10. The molecule has 0 radical (unpaired) electrons. The average Bonchev–Trinajstić information content (AvgIpc) is 2.54. The van der Waals surface area contributed by atoms with E-state index in [4.69, 9.17) is 0 Å². The highest BCUT2D eigenvalue weighted by molar-refractivity contribution is 6.18. The van der Waals surface area contributed by atoms with E-state index in [2.05, 4.69) is 16.0 Å². The summed E-state index contributed by atoms with van der Waals surface area (Å²) in [6.45, 7) is 0. The van der Waals surface area contributed by atoms with E-state index in [0.717, 1.165) is 16.5 Å². The van der Waals surface area contributed by atoms with Crippen molar-refractivity contribution in [3.05, 3.63) is 66.4 Å². The molecule has 1 N–H and O–H groups in total. The summed E-state index contributed by atoms with van der Waals surface area (Å²) in [5.41, 5.74) is 2.50. The average molecular weight is 273 g/mol. The smallest absolute Gasteiger partial charge is 0.149 e. The number of phenols is 1. The van der Waals surface area contributed by atoms with Gasteiger partial charge in [-0.15, -0.1) is 0 Å². The number of para-hydroxylation sites is 1. The van der Waals surface area contributed by atoms with Crippen LogP contribution in [0.5, 0.6) is 5.75 Å². The Balaban J connectivity index is 2.15. The molecule has 0 atom stereocenters. The van der Waals surface area contributed by atoms with Crippen molar-refractivity contribution >= 4 is 22.3 Å². The first-order valence-corrected chi connectivity index (χ1v) is 6.40. The highest BCUT2D eigenvalue weighted by atomic mass is 16.3. The largest absolute Gasteiger partial charge is 0.508 e. The molecule has 0 fully saturated rings. The maximum absolute atomic E-state index is 9.40. The first kappa shape index (κ1) is 12.8. The molecule has 2 aromatic carbocycles. The molecule has 0 aliphatic rings. The minimum absolute atomic E-state index is 0.168. The Kier molecular flexibility index (Phi) is 3.32. The third-order valence-corrected chi connectivity index (χ3v) is 3.10. The molecule has 4 nitrogen and oxygen atoms in total. The molecule has 0 aliphatic carbocycles. The topological polar surface area (TPSA) is 69.3 Å². The summed E-state index contributed by atoms with van der Waals surface area (Å²) in [5, 5.41) is 19.6. The maximum atomic E-state index is 9.40. The van der Waals surface area contributed by atoms with Gasteiger partial charge in [-0.25, -0.2) is 4.99 Å². The number of benzene rings is 2. The van der Waals surface area contributed by atoms with Crippen LogP contribution in [0.15, 0.2) is 65.8 Å². The van der Waals surface area contributed by atoms with Crippen LogP contribution in [0.1, 0.15) is 5.56 Å². The summed E-state index contributed by atoms with van der Waals surface area (Å²) in [5.74, 6) is 0.168. The predicted octanol–water partition coefficient (Wildman–Crippen LogP) is 3.58. The fourth-order valence-corrected chi connectivity index (χ4v) is 2.10. The van der Waals surface area contributed by atoms with E-state index in [9.17, 15) is 10.4 Å². The lowest BCUT2D eigenvalue weighted by Gasteiger charge is -2.04. The van der Waals surface area contributed by atoms with Gasteiger partial charge in [-0.05, 0) is 36.4 Å². The number of hydrogen-bond donors (Lipinski definition) is 1. The lowest BCUT2D eigenvalue weighted by Crippen LogP contribution is -1.98. The minimum Gasteiger partial charge on any atom is -0.508 e.